The van der Waals surface area contributed by atoms with Gasteiger partial charge in [0.1, 0.15) is 5.60 Å². The predicted molar refractivity (Wildman–Crippen MR) is 67.0 cm³/mol. The quantitative estimate of drug-likeness (QED) is 0.493. The molecule has 1 aromatic rings. The van der Waals surface area contributed by atoms with Crippen LogP contribution in [0.3, 0.4) is 0 Å². The van der Waals surface area contributed by atoms with Crippen molar-refractivity contribution in [2.45, 2.75) is 25.4 Å². The van der Waals surface area contributed by atoms with Crippen LogP contribution in [0.1, 0.15) is 19.8 Å². The highest BCUT2D eigenvalue weighted by atomic mass is 16.6. The van der Waals surface area contributed by atoms with Crippen molar-refractivity contribution in [3.05, 3.63) is 28.3 Å². The van der Waals surface area contributed by atoms with Crippen molar-refractivity contribution in [2.75, 3.05) is 11.9 Å². The number of nitrogens with zero attached hydrogens (tertiary/aromatic N) is 1. The van der Waals surface area contributed by atoms with E-state index in [4.69, 9.17) is 4.74 Å². The molecule has 19 heavy (non-hydrogen) atoms. The van der Waals surface area contributed by atoms with Crippen LogP contribution in [0.2, 0.25) is 0 Å². The number of phenols is 1. The molecule has 0 radical (unpaired) electrons. The van der Waals surface area contributed by atoms with E-state index >= 15 is 0 Å². The van der Waals surface area contributed by atoms with E-state index < -0.39 is 22.0 Å². The van der Waals surface area contributed by atoms with Crippen molar-refractivity contribution in [3.63, 3.8) is 0 Å². The second-order valence-electron chi connectivity index (χ2n) is 4.60. The Morgan fingerprint density at radius 2 is 2.32 bits per heavy atom. The lowest BCUT2D eigenvalue weighted by molar-refractivity contribution is -0.385. The third-order valence-electron chi connectivity index (χ3n) is 3.13. The number of amides is 1. The molecule has 0 saturated carbocycles. The summed E-state index contributed by atoms with van der Waals surface area (Å²) in [7, 11) is 0. The Morgan fingerprint density at radius 1 is 1.58 bits per heavy atom. The molecule has 0 bridgehead atoms. The van der Waals surface area contributed by atoms with Gasteiger partial charge in [-0.25, -0.2) is 0 Å². The van der Waals surface area contributed by atoms with E-state index in [0.717, 1.165) is 12.5 Å². The molecule has 1 saturated heterocycles. The largest absolute Gasteiger partial charge is 0.502 e. The Labute approximate surface area is 109 Å². The van der Waals surface area contributed by atoms with Gasteiger partial charge in [-0.3, -0.25) is 14.9 Å². The van der Waals surface area contributed by atoms with Gasteiger partial charge in [0, 0.05) is 18.4 Å². The first-order valence-corrected chi connectivity index (χ1v) is 5.85. The number of anilines is 1. The monoisotopic (exact) mass is 266 g/mol. The van der Waals surface area contributed by atoms with Crippen LogP contribution in [0.15, 0.2) is 18.2 Å². The molecule has 0 unspecified atom stereocenters. The summed E-state index contributed by atoms with van der Waals surface area (Å²) in [5, 5.41) is 22.6. The number of nitrogens with one attached hydrogen (secondary N) is 1. The SMILES string of the molecule is C[C@]1(C(=O)Nc2ccc(O)c([N+](=O)[O-])c2)CCCO1. The zero-order valence-electron chi connectivity index (χ0n) is 10.4. The van der Waals surface area contributed by atoms with E-state index in [0.29, 0.717) is 13.0 Å². The van der Waals surface area contributed by atoms with Gasteiger partial charge < -0.3 is 15.2 Å². The maximum absolute atomic E-state index is 12.0. The van der Waals surface area contributed by atoms with E-state index in [9.17, 15) is 20.0 Å². The van der Waals surface area contributed by atoms with E-state index in [2.05, 4.69) is 5.32 Å². The topological polar surface area (TPSA) is 102 Å². The lowest BCUT2D eigenvalue weighted by Crippen LogP contribution is -2.39. The zero-order chi connectivity index (χ0) is 14.0. The zero-order valence-corrected chi connectivity index (χ0v) is 10.4. The number of nitro groups is 1. The molecular formula is C12H14N2O5. The summed E-state index contributed by atoms with van der Waals surface area (Å²) >= 11 is 0. The summed E-state index contributed by atoms with van der Waals surface area (Å²) < 4.78 is 5.38. The highest BCUT2D eigenvalue weighted by molar-refractivity contribution is 5.97. The normalized spacial score (nSPS) is 22.2. The highest BCUT2D eigenvalue weighted by Gasteiger charge is 2.37. The average Bonchev–Trinajstić information content (AvgIpc) is 2.79. The van der Waals surface area contributed by atoms with E-state index in [1.807, 2.05) is 0 Å². The lowest BCUT2D eigenvalue weighted by Gasteiger charge is -2.21. The lowest BCUT2D eigenvalue weighted by atomic mass is 10.0. The number of carbonyl (C=O) groups is 1. The fourth-order valence-electron chi connectivity index (χ4n) is 1.97. The minimum atomic E-state index is -0.896. The van der Waals surface area contributed by atoms with Crippen LogP contribution in [-0.2, 0) is 9.53 Å². The van der Waals surface area contributed by atoms with Gasteiger partial charge in [0.15, 0.2) is 5.75 Å². The van der Waals surface area contributed by atoms with Crippen LogP contribution in [0.4, 0.5) is 11.4 Å². The smallest absolute Gasteiger partial charge is 0.312 e. The van der Waals surface area contributed by atoms with Crippen molar-refractivity contribution in [2.24, 2.45) is 0 Å². The number of nitro benzene ring substituents is 1. The summed E-state index contributed by atoms with van der Waals surface area (Å²) in [4.78, 5) is 22.0. The van der Waals surface area contributed by atoms with Crippen LogP contribution >= 0.6 is 0 Å². The fraction of sp³-hybridized carbons (Fsp3) is 0.417. The molecular weight excluding hydrogens is 252 g/mol. The van der Waals surface area contributed by atoms with Gasteiger partial charge in [0.05, 0.1) is 4.92 Å². The Morgan fingerprint density at radius 3 is 2.89 bits per heavy atom. The molecule has 0 spiro atoms. The molecule has 2 rings (SSSR count). The second kappa shape index (κ2) is 4.85. The minimum absolute atomic E-state index is 0.256. The number of benzene rings is 1. The average molecular weight is 266 g/mol. The van der Waals surface area contributed by atoms with E-state index in [-0.39, 0.29) is 11.6 Å². The fourth-order valence-corrected chi connectivity index (χ4v) is 1.97. The molecule has 1 heterocycles. The van der Waals surface area contributed by atoms with Crippen molar-refractivity contribution in [1.82, 2.24) is 0 Å². The summed E-state index contributed by atoms with van der Waals surface area (Å²) in [6.07, 6.45) is 1.42. The Kier molecular flexibility index (Phi) is 3.39. The molecule has 7 heteroatoms. The van der Waals surface area contributed by atoms with Gasteiger partial charge in [-0.2, -0.15) is 0 Å². The number of phenolic OH excluding ortho intramolecular Hbond substituents is 1. The van der Waals surface area contributed by atoms with Crippen molar-refractivity contribution >= 4 is 17.3 Å². The van der Waals surface area contributed by atoms with Crippen molar-refractivity contribution in [1.29, 1.82) is 0 Å². The first kappa shape index (κ1) is 13.3. The summed E-state index contributed by atoms with van der Waals surface area (Å²) in [6, 6.07) is 3.69. The van der Waals surface area contributed by atoms with Gasteiger partial charge in [-0.05, 0) is 31.9 Å². The standard InChI is InChI=1S/C12H14N2O5/c1-12(5-2-6-19-12)11(16)13-8-3-4-10(15)9(7-8)14(17)18/h3-4,7,15H,2,5-6H2,1H3,(H,13,16)/t12-/m1/s1. The molecule has 1 aromatic carbocycles. The number of rotatable bonds is 3. The third kappa shape index (κ3) is 2.65. The van der Waals surface area contributed by atoms with Crippen LogP contribution in [0, 0.1) is 10.1 Å². The molecule has 1 fully saturated rings. The molecule has 102 valence electrons. The molecule has 7 nitrogen and oxygen atoms in total. The van der Waals surface area contributed by atoms with E-state index in [1.165, 1.54) is 12.1 Å². The van der Waals surface area contributed by atoms with Crippen LogP contribution in [0.5, 0.6) is 5.75 Å². The Balaban J connectivity index is 2.17. The first-order chi connectivity index (χ1) is 8.92. The van der Waals surface area contributed by atoms with Gasteiger partial charge in [0.25, 0.3) is 5.91 Å². The van der Waals surface area contributed by atoms with Crippen LogP contribution in [0.25, 0.3) is 0 Å². The predicted octanol–water partition coefficient (Wildman–Crippen LogP) is 1.81. The number of hydrogen-bond donors (Lipinski definition) is 2. The molecule has 1 amide bonds. The van der Waals surface area contributed by atoms with Crippen molar-refractivity contribution in [3.8, 4) is 5.75 Å². The third-order valence-corrected chi connectivity index (χ3v) is 3.13. The first-order valence-electron chi connectivity index (χ1n) is 5.85. The molecule has 0 aliphatic carbocycles. The summed E-state index contributed by atoms with van der Waals surface area (Å²) in [5.41, 5.74) is -1.09. The second-order valence-corrected chi connectivity index (χ2v) is 4.60. The highest BCUT2D eigenvalue weighted by Crippen LogP contribution is 2.30. The van der Waals surface area contributed by atoms with Crippen molar-refractivity contribution < 1.29 is 19.6 Å². The van der Waals surface area contributed by atoms with Gasteiger partial charge in [0.2, 0.25) is 0 Å². The molecule has 0 aromatic heterocycles. The Hall–Kier alpha value is -2.15. The Bertz CT molecular complexity index is 523. The maximum Gasteiger partial charge on any atom is 0.312 e. The van der Waals surface area contributed by atoms with Gasteiger partial charge in [-0.15, -0.1) is 0 Å². The van der Waals surface area contributed by atoms with Crippen LogP contribution in [-0.4, -0.2) is 28.1 Å². The molecule has 1 atom stereocenters. The molecule has 1 aliphatic heterocycles. The minimum Gasteiger partial charge on any atom is -0.502 e. The summed E-state index contributed by atoms with van der Waals surface area (Å²) in [6.45, 7) is 2.21. The number of aromatic hydroxyl groups is 1. The van der Waals surface area contributed by atoms with Gasteiger partial charge >= 0.3 is 5.69 Å². The number of carbonyl (C=O) groups excluding carboxylic acids is 1. The number of hydrogen-bond acceptors (Lipinski definition) is 5. The summed E-state index contributed by atoms with van der Waals surface area (Å²) in [5.74, 6) is -0.781. The maximum atomic E-state index is 12.0. The van der Waals surface area contributed by atoms with E-state index in [1.54, 1.807) is 6.92 Å². The number of ether oxygens (including phenoxy) is 1. The molecule has 2 N–H and O–H groups in total. The van der Waals surface area contributed by atoms with Crippen LogP contribution < -0.4 is 5.32 Å². The van der Waals surface area contributed by atoms with Gasteiger partial charge in [-0.1, -0.05) is 0 Å². The molecule has 1 aliphatic rings.